The first-order valence-corrected chi connectivity index (χ1v) is 6.53. The molecule has 1 saturated carbocycles. The van der Waals surface area contributed by atoms with E-state index in [-0.39, 0.29) is 18.6 Å². The summed E-state index contributed by atoms with van der Waals surface area (Å²) in [4.78, 5) is 2.30. The van der Waals surface area contributed by atoms with Crippen LogP contribution in [0.1, 0.15) is 19.3 Å². The van der Waals surface area contributed by atoms with Crippen molar-refractivity contribution in [1.29, 1.82) is 0 Å². The van der Waals surface area contributed by atoms with Gasteiger partial charge in [0.25, 0.3) is 0 Å². The zero-order chi connectivity index (χ0) is 12.4. The van der Waals surface area contributed by atoms with Crippen LogP contribution in [0, 0.1) is 5.92 Å². The first kappa shape index (κ1) is 13.2. The monoisotopic (exact) mass is 244 g/mol. The van der Waals surface area contributed by atoms with Crippen LogP contribution in [0.25, 0.3) is 0 Å². The van der Waals surface area contributed by atoms with Crippen LogP contribution in [0.15, 0.2) is 0 Å². The van der Waals surface area contributed by atoms with E-state index in [0.29, 0.717) is 12.5 Å². The molecular formula is C12H24N2O3. The number of rotatable bonds is 3. The van der Waals surface area contributed by atoms with Gasteiger partial charge in [-0.2, -0.15) is 0 Å². The lowest BCUT2D eigenvalue weighted by Gasteiger charge is -2.32. The first-order chi connectivity index (χ1) is 8.11. The molecule has 2 fully saturated rings. The number of piperidine rings is 1. The van der Waals surface area contributed by atoms with Gasteiger partial charge in [-0.25, -0.2) is 0 Å². The third kappa shape index (κ3) is 2.98. The van der Waals surface area contributed by atoms with Crippen molar-refractivity contribution < 1.29 is 15.3 Å². The lowest BCUT2D eigenvalue weighted by molar-refractivity contribution is -0.00194. The van der Waals surface area contributed by atoms with Gasteiger partial charge in [-0.15, -0.1) is 0 Å². The molecule has 5 heteroatoms. The Kier molecular flexibility index (Phi) is 4.38. The molecule has 1 aliphatic carbocycles. The molecule has 2 aliphatic rings. The van der Waals surface area contributed by atoms with E-state index in [4.69, 9.17) is 5.11 Å². The van der Waals surface area contributed by atoms with Crippen LogP contribution < -0.4 is 5.32 Å². The van der Waals surface area contributed by atoms with Gasteiger partial charge in [0.05, 0.1) is 12.2 Å². The minimum absolute atomic E-state index is 0.0518. The van der Waals surface area contributed by atoms with E-state index in [1.807, 2.05) is 0 Å². The summed E-state index contributed by atoms with van der Waals surface area (Å²) in [6.07, 6.45) is 1.29. The molecule has 0 bridgehead atoms. The number of aliphatic hydroxyl groups is 3. The highest BCUT2D eigenvalue weighted by atomic mass is 16.3. The highest BCUT2D eigenvalue weighted by molar-refractivity contribution is 4.96. The number of hydrogen-bond donors (Lipinski definition) is 4. The second-order valence-electron chi connectivity index (χ2n) is 5.51. The van der Waals surface area contributed by atoms with Gasteiger partial charge in [-0.3, -0.25) is 0 Å². The van der Waals surface area contributed by atoms with Crippen molar-refractivity contribution in [2.24, 2.45) is 5.92 Å². The van der Waals surface area contributed by atoms with Gasteiger partial charge in [-0.1, -0.05) is 0 Å². The van der Waals surface area contributed by atoms with Crippen LogP contribution in [0.5, 0.6) is 0 Å². The molecule has 2 rings (SSSR count). The summed E-state index contributed by atoms with van der Waals surface area (Å²) in [6, 6.07) is 0.353. The van der Waals surface area contributed by atoms with Crippen LogP contribution in [-0.2, 0) is 0 Å². The Morgan fingerprint density at radius 2 is 1.82 bits per heavy atom. The van der Waals surface area contributed by atoms with Gasteiger partial charge in [-0.05, 0) is 39.4 Å². The fraction of sp³-hybridized carbons (Fsp3) is 1.00. The highest BCUT2D eigenvalue weighted by Gasteiger charge is 2.41. The fourth-order valence-electron chi connectivity index (χ4n) is 2.95. The molecule has 17 heavy (non-hydrogen) atoms. The van der Waals surface area contributed by atoms with Crippen molar-refractivity contribution in [1.82, 2.24) is 10.2 Å². The number of nitrogens with zero attached hydrogens (tertiary/aromatic N) is 1. The molecule has 0 aromatic carbocycles. The van der Waals surface area contributed by atoms with Crippen LogP contribution in [0.2, 0.25) is 0 Å². The van der Waals surface area contributed by atoms with E-state index in [0.717, 1.165) is 25.9 Å². The first-order valence-electron chi connectivity index (χ1n) is 6.53. The molecule has 0 radical (unpaired) electrons. The van der Waals surface area contributed by atoms with Crippen molar-refractivity contribution >= 4 is 0 Å². The smallest absolute Gasteiger partial charge is 0.0955 e. The molecular weight excluding hydrogens is 220 g/mol. The molecule has 0 aromatic heterocycles. The standard InChI is InChI=1S/C12H24N2O3/c1-14-4-2-9(3-5-14)13-10-6-8(7-15)11(16)12(10)17/h8-13,15-17H,2-7H2,1H3/t8-,10-,11-,12+/m1/s1. The summed E-state index contributed by atoms with van der Waals surface area (Å²) in [5.74, 6) is -0.186. The molecule has 0 amide bonds. The van der Waals surface area contributed by atoms with Crippen LogP contribution in [0.4, 0.5) is 0 Å². The molecule has 4 atom stereocenters. The van der Waals surface area contributed by atoms with Crippen molar-refractivity contribution in [3.63, 3.8) is 0 Å². The van der Waals surface area contributed by atoms with E-state index < -0.39 is 12.2 Å². The van der Waals surface area contributed by atoms with E-state index in [1.165, 1.54) is 0 Å². The average Bonchev–Trinajstić information content (AvgIpc) is 2.60. The van der Waals surface area contributed by atoms with E-state index >= 15 is 0 Å². The molecule has 1 saturated heterocycles. The number of hydrogen-bond acceptors (Lipinski definition) is 5. The maximum absolute atomic E-state index is 9.91. The second-order valence-corrected chi connectivity index (χ2v) is 5.51. The van der Waals surface area contributed by atoms with Crippen molar-refractivity contribution in [2.75, 3.05) is 26.7 Å². The topological polar surface area (TPSA) is 76.0 Å². The SMILES string of the molecule is CN1CCC(N[C@@H]2C[C@H](CO)[C@@H](O)[C@H]2O)CC1. The van der Waals surface area contributed by atoms with Crippen molar-refractivity contribution in [3.8, 4) is 0 Å². The summed E-state index contributed by atoms with van der Waals surface area (Å²) in [6.45, 7) is 2.10. The average molecular weight is 244 g/mol. The second kappa shape index (κ2) is 5.63. The van der Waals surface area contributed by atoms with E-state index in [1.54, 1.807) is 0 Å². The van der Waals surface area contributed by atoms with Crippen molar-refractivity contribution in [3.05, 3.63) is 0 Å². The Hall–Kier alpha value is -0.200. The van der Waals surface area contributed by atoms with Gasteiger partial charge >= 0.3 is 0 Å². The Bertz CT molecular complexity index is 244. The zero-order valence-corrected chi connectivity index (χ0v) is 10.4. The quantitative estimate of drug-likeness (QED) is 0.500. The fourth-order valence-corrected chi connectivity index (χ4v) is 2.95. The number of nitrogens with one attached hydrogen (secondary N) is 1. The third-order valence-electron chi connectivity index (χ3n) is 4.20. The van der Waals surface area contributed by atoms with Gasteiger partial charge < -0.3 is 25.5 Å². The Labute approximate surface area is 102 Å². The lowest BCUT2D eigenvalue weighted by atomic mass is 10.0. The van der Waals surface area contributed by atoms with Gasteiger partial charge in [0, 0.05) is 24.6 Å². The van der Waals surface area contributed by atoms with Gasteiger partial charge in [0.15, 0.2) is 0 Å². The summed E-state index contributed by atoms with van der Waals surface area (Å²) in [7, 11) is 2.12. The largest absolute Gasteiger partial charge is 0.396 e. The minimum atomic E-state index is -0.788. The summed E-state index contributed by atoms with van der Waals surface area (Å²) in [5, 5.41) is 32.2. The predicted octanol–water partition coefficient (Wildman–Crippen LogP) is -1.23. The van der Waals surface area contributed by atoms with Gasteiger partial charge in [0.1, 0.15) is 0 Å². The summed E-state index contributed by atoms with van der Waals surface area (Å²) >= 11 is 0. The molecule has 5 nitrogen and oxygen atoms in total. The number of aliphatic hydroxyl groups excluding tert-OH is 3. The molecule has 100 valence electrons. The Morgan fingerprint density at radius 3 is 2.35 bits per heavy atom. The third-order valence-corrected chi connectivity index (χ3v) is 4.20. The normalized spacial score (nSPS) is 40.9. The minimum Gasteiger partial charge on any atom is -0.396 e. The Morgan fingerprint density at radius 1 is 1.18 bits per heavy atom. The highest BCUT2D eigenvalue weighted by Crippen LogP contribution is 2.27. The van der Waals surface area contributed by atoms with Crippen molar-refractivity contribution in [2.45, 2.75) is 43.6 Å². The molecule has 0 aromatic rings. The molecule has 0 spiro atoms. The molecule has 1 aliphatic heterocycles. The van der Waals surface area contributed by atoms with E-state index in [2.05, 4.69) is 17.3 Å². The summed E-state index contributed by atoms with van der Waals surface area (Å²) < 4.78 is 0. The van der Waals surface area contributed by atoms with E-state index in [9.17, 15) is 10.2 Å². The summed E-state index contributed by atoms with van der Waals surface area (Å²) in [5.41, 5.74) is 0. The molecule has 0 unspecified atom stereocenters. The predicted molar refractivity (Wildman–Crippen MR) is 64.6 cm³/mol. The molecule has 1 heterocycles. The van der Waals surface area contributed by atoms with Crippen LogP contribution in [-0.4, -0.2) is 71.3 Å². The maximum Gasteiger partial charge on any atom is 0.0955 e. The zero-order valence-electron chi connectivity index (χ0n) is 10.4. The Balaban J connectivity index is 1.83. The molecule has 4 N–H and O–H groups in total. The van der Waals surface area contributed by atoms with Gasteiger partial charge in [0.2, 0.25) is 0 Å². The maximum atomic E-state index is 9.91. The van der Waals surface area contributed by atoms with Crippen LogP contribution in [0.3, 0.4) is 0 Å². The number of likely N-dealkylation sites (tertiary alicyclic amines) is 1. The van der Waals surface area contributed by atoms with Crippen LogP contribution >= 0.6 is 0 Å². The lowest BCUT2D eigenvalue weighted by Crippen LogP contribution is -2.49.